The van der Waals surface area contributed by atoms with Crippen LogP contribution in [0.3, 0.4) is 0 Å². The molecule has 0 bridgehead atoms. The first kappa shape index (κ1) is 17.9. The molecule has 0 aliphatic heterocycles. The number of nitrogens with one attached hydrogen (secondary N) is 1. The molecular formula is C18H15N5O4. The smallest absolute Gasteiger partial charge is 0.267 e. The van der Waals surface area contributed by atoms with Crippen molar-refractivity contribution in [2.75, 3.05) is 0 Å². The van der Waals surface area contributed by atoms with Gasteiger partial charge in [-0.3, -0.25) is 19.7 Å². The fourth-order valence-electron chi connectivity index (χ4n) is 2.59. The van der Waals surface area contributed by atoms with Gasteiger partial charge in [0.1, 0.15) is 0 Å². The van der Waals surface area contributed by atoms with E-state index in [-0.39, 0.29) is 22.5 Å². The number of aryl methyl sites for hydroxylation is 1. The van der Waals surface area contributed by atoms with E-state index in [1.807, 2.05) is 0 Å². The van der Waals surface area contributed by atoms with Gasteiger partial charge in [-0.05, 0) is 19.1 Å². The third-order valence-corrected chi connectivity index (χ3v) is 3.89. The Balaban J connectivity index is 1.93. The predicted octanol–water partition coefficient (Wildman–Crippen LogP) is 2.09. The highest BCUT2D eigenvalue weighted by atomic mass is 16.6. The standard InChI is InChI=1S/C18H15N5O4/c1-2-22-18(25)14-9-5-4-8-13(14)16(21-22)17(24)20-19-11-12-7-3-6-10-15(12)23(26)27/h3-11H,2H2,1H3,(H,20,24)/b19-11+. The quantitative estimate of drug-likeness (QED) is 0.422. The van der Waals surface area contributed by atoms with Crippen molar-refractivity contribution in [1.29, 1.82) is 0 Å². The summed E-state index contributed by atoms with van der Waals surface area (Å²) >= 11 is 0. The van der Waals surface area contributed by atoms with Gasteiger partial charge in [-0.2, -0.15) is 10.2 Å². The van der Waals surface area contributed by atoms with Crippen LogP contribution in [-0.4, -0.2) is 26.8 Å². The minimum absolute atomic E-state index is 0.0479. The van der Waals surface area contributed by atoms with Crippen LogP contribution < -0.4 is 11.0 Å². The van der Waals surface area contributed by atoms with Gasteiger partial charge in [0.25, 0.3) is 17.2 Å². The molecule has 136 valence electrons. The molecule has 0 radical (unpaired) electrons. The first-order valence-corrected chi connectivity index (χ1v) is 8.09. The van der Waals surface area contributed by atoms with E-state index in [0.717, 1.165) is 0 Å². The first-order chi connectivity index (χ1) is 13.0. The Morgan fingerprint density at radius 1 is 1.22 bits per heavy atom. The van der Waals surface area contributed by atoms with Gasteiger partial charge in [0, 0.05) is 18.0 Å². The van der Waals surface area contributed by atoms with Crippen molar-refractivity contribution in [3.8, 4) is 0 Å². The lowest BCUT2D eigenvalue weighted by Crippen LogP contribution is -2.28. The van der Waals surface area contributed by atoms with Gasteiger partial charge in [0.2, 0.25) is 0 Å². The molecule has 9 nitrogen and oxygen atoms in total. The van der Waals surface area contributed by atoms with E-state index in [2.05, 4.69) is 15.6 Å². The molecule has 0 aliphatic carbocycles. The molecule has 0 saturated heterocycles. The van der Waals surface area contributed by atoms with Crippen molar-refractivity contribution in [2.24, 2.45) is 5.10 Å². The average Bonchev–Trinajstić information content (AvgIpc) is 2.68. The fraction of sp³-hybridized carbons (Fsp3) is 0.111. The summed E-state index contributed by atoms with van der Waals surface area (Å²) in [6.45, 7) is 2.06. The summed E-state index contributed by atoms with van der Waals surface area (Å²) in [5.74, 6) is -0.622. The Hall–Kier alpha value is -3.88. The number of hydrogen-bond donors (Lipinski definition) is 1. The average molecular weight is 365 g/mol. The summed E-state index contributed by atoms with van der Waals surface area (Å²) in [6.07, 6.45) is 1.19. The van der Waals surface area contributed by atoms with Gasteiger partial charge in [-0.25, -0.2) is 10.1 Å². The molecule has 0 spiro atoms. The van der Waals surface area contributed by atoms with Crippen LogP contribution in [-0.2, 0) is 6.54 Å². The molecule has 0 atom stereocenters. The number of para-hydroxylation sites is 1. The van der Waals surface area contributed by atoms with Crippen LogP contribution in [0.4, 0.5) is 5.69 Å². The van der Waals surface area contributed by atoms with Crippen LogP contribution in [0.1, 0.15) is 23.0 Å². The lowest BCUT2D eigenvalue weighted by molar-refractivity contribution is -0.385. The van der Waals surface area contributed by atoms with Crippen molar-refractivity contribution in [3.05, 3.63) is 80.3 Å². The second-order valence-electron chi connectivity index (χ2n) is 5.53. The molecule has 1 amide bonds. The Morgan fingerprint density at radius 3 is 2.59 bits per heavy atom. The van der Waals surface area contributed by atoms with Gasteiger partial charge < -0.3 is 0 Å². The number of nitro benzene ring substituents is 1. The molecule has 0 unspecified atom stereocenters. The third-order valence-electron chi connectivity index (χ3n) is 3.89. The highest BCUT2D eigenvalue weighted by Gasteiger charge is 2.16. The van der Waals surface area contributed by atoms with Gasteiger partial charge >= 0.3 is 0 Å². The van der Waals surface area contributed by atoms with E-state index in [4.69, 9.17) is 0 Å². The molecule has 3 aromatic rings. The Morgan fingerprint density at radius 2 is 1.89 bits per heavy atom. The minimum Gasteiger partial charge on any atom is -0.267 e. The van der Waals surface area contributed by atoms with Crippen LogP contribution in [0, 0.1) is 10.1 Å². The first-order valence-electron chi connectivity index (χ1n) is 8.09. The number of hydrazone groups is 1. The predicted molar refractivity (Wildman–Crippen MR) is 99.8 cm³/mol. The van der Waals surface area contributed by atoms with Crippen LogP contribution in [0.25, 0.3) is 10.8 Å². The topological polar surface area (TPSA) is 119 Å². The number of benzene rings is 2. The summed E-state index contributed by atoms with van der Waals surface area (Å²) in [5, 5.41) is 19.7. The summed E-state index contributed by atoms with van der Waals surface area (Å²) < 4.78 is 1.20. The maximum Gasteiger partial charge on any atom is 0.292 e. The molecule has 9 heteroatoms. The zero-order valence-electron chi connectivity index (χ0n) is 14.3. The van der Waals surface area contributed by atoms with Gasteiger partial charge in [-0.1, -0.05) is 30.3 Å². The molecule has 1 N–H and O–H groups in total. The highest BCUT2D eigenvalue weighted by Crippen LogP contribution is 2.15. The van der Waals surface area contributed by atoms with E-state index < -0.39 is 10.8 Å². The zero-order chi connectivity index (χ0) is 19.4. The molecule has 3 rings (SSSR count). The SMILES string of the molecule is CCn1nc(C(=O)N/N=C/c2ccccc2[N+](=O)[O-])c2ccccc2c1=O. The number of nitrogens with zero attached hydrogens (tertiary/aromatic N) is 4. The Labute approximate surface area is 153 Å². The van der Waals surface area contributed by atoms with Crippen molar-refractivity contribution in [3.63, 3.8) is 0 Å². The van der Waals surface area contributed by atoms with Crippen molar-refractivity contribution < 1.29 is 9.72 Å². The molecule has 27 heavy (non-hydrogen) atoms. The van der Waals surface area contributed by atoms with E-state index >= 15 is 0 Å². The van der Waals surface area contributed by atoms with Crippen molar-refractivity contribution in [1.82, 2.24) is 15.2 Å². The number of carbonyl (C=O) groups is 1. The normalized spacial score (nSPS) is 11.0. The van der Waals surface area contributed by atoms with Gasteiger partial charge in [0.15, 0.2) is 5.69 Å². The summed E-state index contributed by atoms with van der Waals surface area (Å²) in [4.78, 5) is 35.3. The van der Waals surface area contributed by atoms with E-state index in [9.17, 15) is 19.7 Å². The van der Waals surface area contributed by atoms with Crippen molar-refractivity contribution >= 4 is 28.6 Å². The summed E-state index contributed by atoms with van der Waals surface area (Å²) in [5.41, 5.74) is 2.19. The second kappa shape index (κ2) is 7.56. The maximum atomic E-state index is 12.5. The second-order valence-corrected chi connectivity index (χ2v) is 5.53. The van der Waals surface area contributed by atoms with Crippen LogP contribution in [0.2, 0.25) is 0 Å². The van der Waals surface area contributed by atoms with Crippen LogP contribution >= 0.6 is 0 Å². The fourth-order valence-corrected chi connectivity index (χ4v) is 2.59. The van der Waals surface area contributed by atoms with E-state index in [1.54, 1.807) is 37.3 Å². The molecule has 1 heterocycles. The molecule has 2 aromatic carbocycles. The van der Waals surface area contributed by atoms with Gasteiger partial charge in [-0.15, -0.1) is 0 Å². The molecular weight excluding hydrogens is 350 g/mol. The summed E-state index contributed by atoms with van der Waals surface area (Å²) in [6, 6.07) is 12.7. The molecule has 0 fully saturated rings. The third kappa shape index (κ3) is 3.56. The van der Waals surface area contributed by atoms with E-state index in [1.165, 1.54) is 29.1 Å². The van der Waals surface area contributed by atoms with Crippen molar-refractivity contribution in [2.45, 2.75) is 13.5 Å². The number of amides is 1. The number of aromatic nitrogens is 2. The van der Waals surface area contributed by atoms with Crippen LogP contribution in [0.5, 0.6) is 0 Å². The van der Waals surface area contributed by atoms with Crippen LogP contribution in [0.15, 0.2) is 58.4 Å². The van der Waals surface area contributed by atoms with E-state index in [0.29, 0.717) is 17.3 Å². The summed E-state index contributed by atoms with van der Waals surface area (Å²) in [7, 11) is 0. The zero-order valence-corrected chi connectivity index (χ0v) is 14.3. The highest BCUT2D eigenvalue weighted by molar-refractivity contribution is 6.05. The lowest BCUT2D eigenvalue weighted by Gasteiger charge is -2.08. The van der Waals surface area contributed by atoms with Gasteiger partial charge in [0.05, 0.1) is 22.1 Å². The monoisotopic (exact) mass is 365 g/mol. The Bertz CT molecular complexity index is 1120. The number of carbonyl (C=O) groups excluding carboxylic acids is 1. The Kier molecular flexibility index (Phi) is 5.02. The molecule has 0 saturated carbocycles. The molecule has 0 aliphatic rings. The molecule has 1 aromatic heterocycles. The number of rotatable bonds is 5. The number of nitro groups is 1. The number of hydrogen-bond acceptors (Lipinski definition) is 6. The lowest BCUT2D eigenvalue weighted by atomic mass is 10.1. The minimum atomic E-state index is -0.622. The largest absolute Gasteiger partial charge is 0.292 e. The number of fused-ring (bicyclic) bond motifs is 1. The maximum absolute atomic E-state index is 12.5.